The van der Waals surface area contributed by atoms with E-state index in [2.05, 4.69) is 46.1 Å². The first-order chi connectivity index (χ1) is 8.17. The summed E-state index contributed by atoms with van der Waals surface area (Å²) in [5.74, 6) is 0.911. The highest BCUT2D eigenvalue weighted by Gasteiger charge is 2.21. The Kier molecular flexibility index (Phi) is 9.21. The van der Waals surface area contributed by atoms with E-state index < -0.39 is 0 Å². The zero-order chi connectivity index (χ0) is 13.1. The second-order valence-corrected chi connectivity index (χ2v) is 5.32. The van der Waals surface area contributed by atoms with Crippen LogP contribution in [-0.4, -0.2) is 0 Å². The fraction of sp³-hybridized carbons (Fsp3) is 0.765. The van der Waals surface area contributed by atoms with Gasteiger partial charge in [0.1, 0.15) is 0 Å². The average Bonchev–Trinajstić information content (AvgIpc) is 2.39. The van der Waals surface area contributed by atoms with E-state index in [1.807, 2.05) is 0 Å². The van der Waals surface area contributed by atoms with Crippen molar-refractivity contribution in [3.8, 4) is 0 Å². The summed E-state index contributed by atoms with van der Waals surface area (Å²) in [5.41, 5.74) is 0.196. The molecule has 0 aliphatic carbocycles. The molecule has 0 aliphatic heterocycles. The molecule has 0 fully saturated rings. The van der Waals surface area contributed by atoms with Gasteiger partial charge in [-0.25, -0.2) is 0 Å². The van der Waals surface area contributed by atoms with Gasteiger partial charge < -0.3 is 0 Å². The Morgan fingerprint density at radius 2 is 1.47 bits per heavy atom. The second kappa shape index (κ2) is 9.50. The number of unbranched alkanes of at least 4 members (excludes halogenated alkanes) is 1. The van der Waals surface area contributed by atoms with Crippen molar-refractivity contribution in [3.63, 3.8) is 0 Å². The van der Waals surface area contributed by atoms with E-state index in [1.165, 1.54) is 51.4 Å². The molecule has 0 spiro atoms. The maximum absolute atomic E-state index is 4.02. The molecule has 100 valence electrons. The third-order valence-electron chi connectivity index (χ3n) is 4.22. The maximum atomic E-state index is 4.02. The minimum atomic E-state index is 0.196. The fourth-order valence-corrected chi connectivity index (χ4v) is 2.54. The predicted molar refractivity (Wildman–Crippen MR) is 80.3 cm³/mol. The van der Waals surface area contributed by atoms with Gasteiger partial charge in [-0.1, -0.05) is 71.4 Å². The van der Waals surface area contributed by atoms with Gasteiger partial charge in [0.25, 0.3) is 0 Å². The SMILES string of the molecule is C=CC(C=C)(CCCC)CCCC(CC)CC. The highest BCUT2D eigenvalue weighted by molar-refractivity contribution is 5.06. The van der Waals surface area contributed by atoms with Crippen molar-refractivity contribution in [2.45, 2.75) is 72.1 Å². The molecular weight excluding hydrogens is 204 g/mol. The summed E-state index contributed by atoms with van der Waals surface area (Å²) in [4.78, 5) is 0. The first-order valence-corrected chi connectivity index (χ1v) is 7.45. The summed E-state index contributed by atoms with van der Waals surface area (Å²) >= 11 is 0. The molecule has 0 amide bonds. The number of rotatable bonds is 11. The molecule has 0 bridgehead atoms. The van der Waals surface area contributed by atoms with E-state index in [9.17, 15) is 0 Å². The largest absolute Gasteiger partial charge is 0.102 e. The van der Waals surface area contributed by atoms with Crippen LogP contribution in [0.5, 0.6) is 0 Å². The molecular formula is C17H32. The van der Waals surface area contributed by atoms with Crippen molar-refractivity contribution in [1.82, 2.24) is 0 Å². The standard InChI is InChI=1S/C17H32/c1-6-11-14-17(9-4,10-5)15-12-13-16(7-2)8-3/h9-10,16H,4-8,11-15H2,1-3H3. The Bertz CT molecular complexity index is 190. The molecule has 0 rings (SSSR count). The predicted octanol–water partition coefficient (Wildman–Crippen LogP) is 6.14. The highest BCUT2D eigenvalue weighted by atomic mass is 14.3. The summed E-state index contributed by atoms with van der Waals surface area (Å²) in [6.07, 6.45) is 14.6. The zero-order valence-electron chi connectivity index (χ0n) is 12.3. The molecule has 17 heavy (non-hydrogen) atoms. The molecule has 0 aromatic carbocycles. The van der Waals surface area contributed by atoms with E-state index in [4.69, 9.17) is 0 Å². The lowest BCUT2D eigenvalue weighted by molar-refractivity contribution is 0.350. The number of hydrogen-bond acceptors (Lipinski definition) is 0. The van der Waals surface area contributed by atoms with E-state index in [0.717, 1.165) is 5.92 Å². The third kappa shape index (κ3) is 6.10. The van der Waals surface area contributed by atoms with Gasteiger partial charge in [0.2, 0.25) is 0 Å². The lowest BCUT2D eigenvalue weighted by Crippen LogP contribution is -2.15. The summed E-state index contributed by atoms with van der Waals surface area (Å²) in [7, 11) is 0. The normalized spacial score (nSPS) is 11.8. The topological polar surface area (TPSA) is 0 Å². The quantitative estimate of drug-likeness (QED) is 0.378. The molecule has 0 heteroatoms. The van der Waals surface area contributed by atoms with Crippen molar-refractivity contribution in [1.29, 1.82) is 0 Å². The van der Waals surface area contributed by atoms with Crippen LogP contribution in [0, 0.1) is 11.3 Å². The lowest BCUT2D eigenvalue weighted by atomic mass is 9.77. The highest BCUT2D eigenvalue weighted by Crippen LogP contribution is 2.34. The Morgan fingerprint density at radius 3 is 1.88 bits per heavy atom. The Balaban J connectivity index is 4.16. The van der Waals surface area contributed by atoms with Crippen LogP contribution >= 0.6 is 0 Å². The Labute approximate surface area is 109 Å². The maximum Gasteiger partial charge on any atom is 0.00556 e. The van der Waals surface area contributed by atoms with Crippen LogP contribution in [0.25, 0.3) is 0 Å². The lowest BCUT2D eigenvalue weighted by Gasteiger charge is -2.27. The summed E-state index contributed by atoms with van der Waals surface area (Å²) in [6.45, 7) is 14.9. The van der Waals surface area contributed by atoms with E-state index in [1.54, 1.807) is 0 Å². The van der Waals surface area contributed by atoms with E-state index >= 15 is 0 Å². The minimum absolute atomic E-state index is 0.196. The van der Waals surface area contributed by atoms with Crippen LogP contribution < -0.4 is 0 Å². The van der Waals surface area contributed by atoms with Gasteiger partial charge in [0.05, 0.1) is 0 Å². The summed E-state index contributed by atoms with van der Waals surface area (Å²) in [5, 5.41) is 0. The Morgan fingerprint density at radius 1 is 0.941 bits per heavy atom. The zero-order valence-corrected chi connectivity index (χ0v) is 12.3. The molecule has 0 N–H and O–H groups in total. The van der Waals surface area contributed by atoms with Crippen molar-refractivity contribution >= 4 is 0 Å². The minimum Gasteiger partial charge on any atom is -0.102 e. The van der Waals surface area contributed by atoms with Gasteiger partial charge in [0, 0.05) is 5.41 Å². The molecule has 0 saturated heterocycles. The van der Waals surface area contributed by atoms with Gasteiger partial charge in [0.15, 0.2) is 0 Å². The molecule has 0 saturated carbocycles. The molecule has 0 atom stereocenters. The molecule has 0 heterocycles. The van der Waals surface area contributed by atoms with Gasteiger partial charge in [-0.05, 0) is 18.8 Å². The van der Waals surface area contributed by atoms with Gasteiger partial charge in [-0.15, -0.1) is 13.2 Å². The third-order valence-corrected chi connectivity index (χ3v) is 4.22. The van der Waals surface area contributed by atoms with Crippen molar-refractivity contribution in [3.05, 3.63) is 25.3 Å². The van der Waals surface area contributed by atoms with Gasteiger partial charge >= 0.3 is 0 Å². The van der Waals surface area contributed by atoms with Crippen molar-refractivity contribution in [2.24, 2.45) is 11.3 Å². The van der Waals surface area contributed by atoms with E-state index in [-0.39, 0.29) is 5.41 Å². The summed E-state index contributed by atoms with van der Waals surface area (Å²) < 4.78 is 0. The van der Waals surface area contributed by atoms with Gasteiger partial charge in [-0.2, -0.15) is 0 Å². The molecule has 0 aromatic rings. The van der Waals surface area contributed by atoms with Crippen LogP contribution in [0.2, 0.25) is 0 Å². The molecule has 0 radical (unpaired) electrons. The average molecular weight is 236 g/mol. The monoisotopic (exact) mass is 236 g/mol. The smallest absolute Gasteiger partial charge is 0.00556 e. The van der Waals surface area contributed by atoms with Crippen LogP contribution in [-0.2, 0) is 0 Å². The fourth-order valence-electron chi connectivity index (χ4n) is 2.54. The Hall–Kier alpha value is -0.520. The summed E-state index contributed by atoms with van der Waals surface area (Å²) in [6, 6.07) is 0. The first-order valence-electron chi connectivity index (χ1n) is 7.45. The molecule has 0 unspecified atom stereocenters. The number of hydrogen-bond donors (Lipinski definition) is 0. The second-order valence-electron chi connectivity index (χ2n) is 5.32. The number of allylic oxidation sites excluding steroid dienone is 2. The first kappa shape index (κ1) is 16.5. The van der Waals surface area contributed by atoms with Crippen molar-refractivity contribution in [2.75, 3.05) is 0 Å². The molecule has 0 aliphatic rings. The van der Waals surface area contributed by atoms with Crippen LogP contribution in [0.4, 0.5) is 0 Å². The van der Waals surface area contributed by atoms with Crippen molar-refractivity contribution < 1.29 is 0 Å². The van der Waals surface area contributed by atoms with Crippen LogP contribution in [0.1, 0.15) is 72.1 Å². The van der Waals surface area contributed by atoms with Crippen LogP contribution in [0.3, 0.4) is 0 Å². The van der Waals surface area contributed by atoms with E-state index in [0.29, 0.717) is 0 Å². The van der Waals surface area contributed by atoms with Gasteiger partial charge in [-0.3, -0.25) is 0 Å². The molecule has 0 aromatic heterocycles. The molecule has 0 nitrogen and oxygen atoms in total. The van der Waals surface area contributed by atoms with Crippen LogP contribution in [0.15, 0.2) is 25.3 Å².